The van der Waals surface area contributed by atoms with E-state index in [1.807, 2.05) is 18.2 Å². The smallest absolute Gasteiger partial charge is 0.101 e. The highest BCUT2D eigenvalue weighted by molar-refractivity contribution is 9.10. The van der Waals surface area contributed by atoms with Crippen LogP contribution in [0, 0.1) is 11.3 Å². The predicted octanol–water partition coefficient (Wildman–Crippen LogP) is 3.71. The van der Waals surface area contributed by atoms with Crippen molar-refractivity contribution in [2.75, 3.05) is 18.0 Å². The van der Waals surface area contributed by atoms with Crippen LogP contribution in [0.1, 0.15) is 33.3 Å². The van der Waals surface area contributed by atoms with Gasteiger partial charge in [-0.3, -0.25) is 0 Å². The normalized spacial score (nSPS) is 20.9. The Labute approximate surface area is 123 Å². The zero-order valence-electron chi connectivity index (χ0n) is 11.8. The Balaban J connectivity index is 2.39. The Morgan fingerprint density at radius 3 is 2.32 bits per heavy atom. The molecule has 1 aliphatic rings. The molecule has 1 aromatic rings. The van der Waals surface area contributed by atoms with Gasteiger partial charge in [0.25, 0.3) is 0 Å². The van der Waals surface area contributed by atoms with Crippen LogP contribution in [0.5, 0.6) is 0 Å². The van der Waals surface area contributed by atoms with Gasteiger partial charge >= 0.3 is 0 Å². The fourth-order valence-corrected chi connectivity index (χ4v) is 3.19. The van der Waals surface area contributed by atoms with Crippen molar-refractivity contribution in [1.82, 2.24) is 0 Å². The van der Waals surface area contributed by atoms with Gasteiger partial charge in [0.05, 0.1) is 22.5 Å². The monoisotopic (exact) mass is 322 g/mol. The average Bonchev–Trinajstić information content (AvgIpc) is 2.24. The van der Waals surface area contributed by atoms with Crippen molar-refractivity contribution in [1.29, 1.82) is 5.26 Å². The van der Waals surface area contributed by atoms with E-state index in [0.717, 1.165) is 23.2 Å². The second-order valence-corrected chi connectivity index (χ2v) is 7.17. The van der Waals surface area contributed by atoms with Crippen molar-refractivity contribution < 1.29 is 4.74 Å². The maximum absolute atomic E-state index is 9.30. The number of ether oxygens (including phenoxy) is 1. The molecule has 0 saturated carbocycles. The van der Waals surface area contributed by atoms with E-state index in [1.165, 1.54) is 0 Å². The highest BCUT2D eigenvalue weighted by atomic mass is 79.9. The predicted molar refractivity (Wildman–Crippen MR) is 80.3 cm³/mol. The summed E-state index contributed by atoms with van der Waals surface area (Å²) in [7, 11) is 0. The second-order valence-electron chi connectivity index (χ2n) is 6.25. The molecule has 0 N–H and O–H groups in total. The number of halogens is 1. The molecule has 1 heterocycles. The van der Waals surface area contributed by atoms with Crippen LogP contribution in [-0.2, 0) is 4.74 Å². The molecule has 0 radical (unpaired) electrons. The van der Waals surface area contributed by atoms with Gasteiger partial charge in [-0.05, 0) is 45.9 Å². The summed E-state index contributed by atoms with van der Waals surface area (Å²) in [6, 6.07) is 8.12. The Kier molecular flexibility index (Phi) is 3.63. The zero-order chi connectivity index (χ0) is 14.3. The van der Waals surface area contributed by atoms with Crippen molar-refractivity contribution in [3.05, 3.63) is 28.2 Å². The van der Waals surface area contributed by atoms with Gasteiger partial charge in [-0.1, -0.05) is 15.9 Å². The first kappa shape index (κ1) is 14.4. The van der Waals surface area contributed by atoms with E-state index >= 15 is 0 Å². The largest absolute Gasteiger partial charge is 0.366 e. The third-order valence-corrected chi connectivity index (χ3v) is 3.61. The third-order valence-electron chi connectivity index (χ3n) is 3.12. The molecule has 19 heavy (non-hydrogen) atoms. The summed E-state index contributed by atoms with van der Waals surface area (Å²) in [4.78, 5) is 2.24. The van der Waals surface area contributed by atoms with Crippen molar-refractivity contribution >= 4 is 21.6 Å². The lowest BCUT2D eigenvalue weighted by Crippen LogP contribution is -2.57. The number of nitrogens with zero attached hydrogens (tertiary/aromatic N) is 2. The number of morpholine rings is 1. The number of nitriles is 1. The molecule has 0 bridgehead atoms. The van der Waals surface area contributed by atoms with Crippen LogP contribution in [-0.4, -0.2) is 24.3 Å². The van der Waals surface area contributed by atoms with Crippen LogP contribution in [0.3, 0.4) is 0 Å². The fraction of sp³-hybridized carbons (Fsp3) is 0.533. The lowest BCUT2D eigenvalue weighted by Gasteiger charge is -2.48. The number of benzene rings is 1. The van der Waals surface area contributed by atoms with Crippen LogP contribution in [0.25, 0.3) is 0 Å². The molecule has 0 aliphatic carbocycles. The molecule has 1 fully saturated rings. The summed E-state index contributed by atoms with van der Waals surface area (Å²) in [5, 5.41) is 9.30. The second kappa shape index (κ2) is 4.81. The van der Waals surface area contributed by atoms with E-state index in [1.54, 1.807) is 0 Å². The van der Waals surface area contributed by atoms with E-state index in [-0.39, 0.29) is 11.2 Å². The van der Waals surface area contributed by atoms with Crippen molar-refractivity contribution in [2.45, 2.75) is 38.9 Å². The lowest BCUT2D eigenvalue weighted by atomic mass is 9.97. The molecule has 0 aromatic heterocycles. The lowest BCUT2D eigenvalue weighted by molar-refractivity contribution is -0.133. The first-order valence-electron chi connectivity index (χ1n) is 6.37. The summed E-state index contributed by atoms with van der Waals surface area (Å²) in [5.41, 5.74) is 1.24. The van der Waals surface area contributed by atoms with Gasteiger partial charge in [0.2, 0.25) is 0 Å². The average molecular weight is 323 g/mol. The van der Waals surface area contributed by atoms with Crippen LogP contribution in [0.4, 0.5) is 5.69 Å². The van der Waals surface area contributed by atoms with Gasteiger partial charge in [-0.15, -0.1) is 0 Å². The molecule has 4 heteroatoms. The van der Waals surface area contributed by atoms with Gasteiger partial charge < -0.3 is 9.64 Å². The van der Waals surface area contributed by atoms with Crippen molar-refractivity contribution in [3.8, 4) is 6.07 Å². The maximum atomic E-state index is 9.30. The Bertz CT molecular complexity index is 515. The SMILES string of the molecule is CC1(C)CN(c2ccc(Br)cc2C#N)CC(C)(C)O1. The van der Waals surface area contributed by atoms with E-state index in [4.69, 9.17) is 4.74 Å². The summed E-state index contributed by atoms with van der Waals surface area (Å²) >= 11 is 3.41. The number of hydrogen-bond acceptors (Lipinski definition) is 3. The van der Waals surface area contributed by atoms with Gasteiger partial charge in [0, 0.05) is 17.6 Å². The highest BCUT2D eigenvalue weighted by Crippen LogP contribution is 2.33. The van der Waals surface area contributed by atoms with Crippen LogP contribution in [0.2, 0.25) is 0 Å². The van der Waals surface area contributed by atoms with Crippen LogP contribution >= 0.6 is 15.9 Å². The molecule has 1 aliphatic heterocycles. The van der Waals surface area contributed by atoms with E-state index in [0.29, 0.717) is 5.56 Å². The van der Waals surface area contributed by atoms with Crippen molar-refractivity contribution in [3.63, 3.8) is 0 Å². The molecule has 3 nitrogen and oxygen atoms in total. The maximum Gasteiger partial charge on any atom is 0.101 e. The molecular weight excluding hydrogens is 304 g/mol. The Morgan fingerprint density at radius 2 is 1.79 bits per heavy atom. The number of anilines is 1. The van der Waals surface area contributed by atoms with Gasteiger partial charge in [0.1, 0.15) is 6.07 Å². The standard InChI is InChI=1S/C15H19BrN2O/c1-14(2)9-18(10-15(3,4)19-14)13-6-5-12(16)7-11(13)8-17/h5-7H,9-10H2,1-4H3. The summed E-state index contributed by atoms with van der Waals surface area (Å²) < 4.78 is 7.01. The molecule has 2 rings (SSSR count). The van der Waals surface area contributed by atoms with E-state index in [2.05, 4.69) is 54.6 Å². The molecule has 102 valence electrons. The Morgan fingerprint density at radius 1 is 1.21 bits per heavy atom. The number of rotatable bonds is 1. The molecule has 0 spiro atoms. The molecule has 1 aromatic carbocycles. The fourth-order valence-electron chi connectivity index (χ4n) is 2.83. The number of hydrogen-bond donors (Lipinski definition) is 0. The molecule has 0 atom stereocenters. The van der Waals surface area contributed by atoms with E-state index in [9.17, 15) is 5.26 Å². The van der Waals surface area contributed by atoms with Crippen LogP contribution < -0.4 is 4.90 Å². The molecule has 1 saturated heterocycles. The summed E-state index contributed by atoms with van der Waals surface area (Å²) in [5.74, 6) is 0. The molecule has 0 unspecified atom stereocenters. The first-order chi connectivity index (χ1) is 8.72. The van der Waals surface area contributed by atoms with Crippen LogP contribution in [0.15, 0.2) is 22.7 Å². The minimum absolute atomic E-state index is 0.221. The summed E-state index contributed by atoms with van der Waals surface area (Å²) in [6.07, 6.45) is 0. The minimum Gasteiger partial charge on any atom is -0.366 e. The van der Waals surface area contributed by atoms with E-state index < -0.39 is 0 Å². The van der Waals surface area contributed by atoms with Gasteiger partial charge in [-0.25, -0.2) is 0 Å². The highest BCUT2D eigenvalue weighted by Gasteiger charge is 2.38. The van der Waals surface area contributed by atoms with Gasteiger partial charge in [0.15, 0.2) is 0 Å². The van der Waals surface area contributed by atoms with Gasteiger partial charge in [-0.2, -0.15) is 5.26 Å². The third kappa shape index (κ3) is 3.29. The topological polar surface area (TPSA) is 36.3 Å². The quantitative estimate of drug-likeness (QED) is 0.790. The summed E-state index contributed by atoms with van der Waals surface area (Å²) in [6.45, 7) is 9.93. The minimum atomic E-state index is -0.221. The molecule has 0 amide bonds. The molecular formula is C15H19BrN2O. The Hall–Kier alpha value is -1.05. The van der Waals surface area contributed by atoms with Crippen molar-refractivity contribution in [2.24, 2.45) is 0 Å². The zero-order valence-corrected chi connectivity index (χ0v) is 13.4. The first-order valence-corrected chi connectivity index (χ1v) is 7.17.